The first-order valence-corrected chi connectivity index (χ1v) is 6.38. The van der Waals surface area contributed by atoms with Gasteiger partial charge in [0, 0.05) is 11.6 Å². The lowest BCUT2D eigenvalue weighted by Gasteiger charge is -2.11. The number of aryl methyl sites for hydroxylation is 1. The van der Waals surface area contributed by atoms with Crippen LogP contribution in [-0.2, 0) is 6.54 Å². The maximum atomic E-state index is 12.1. The Hall–Kier alpha value is -3.14. The number of aromatic nitrogens is 1. The molecule has 0 fully saturated rings. The zero-order valence-corrected chi connectivity index (χ0v) is 12.1. The summed E-state index contributed by atoms with van der Waals surface area (Å²) in [5.74, 6) is 0.572. The molecule has 0 aliphatic heterocycles. The zero-order valence-electron chi connectivity index (χ0n) is 12.1. The van der Waals surface area contributed by atoms with Gasteiger partial charge in [-0.05, 0) is 13.0 Å². The van der Waals surface area contributed by atoms with Gasteiger partial charge < -0.3 is 9.30 Å². The molecule has 1 aromatic carbocycles. The van der Waals surface area contributed by atoms with Crippen molar-refractivity contribution >= 4 is 5.69 Å². The molecule has 0 amide bonds. The normalized spacial score (nSPS) is 10.0. The van der Waals surface area contributed by atoms with Crippen LogP contribution < -0.4 is 10.3 Å². The van der Waals surface area contributed by atoms with E-state index in [4.69, 9.17) is 10.00 Å². The molecule has 0 N–H and O–H groups in total. The molecule has 0 radical (unpaired) electrons. The molecule has 0 spiro atoms. The van der Waals surface area contributed by atoms with Gasteiger partial charge in [0.05, 0.1) is 24.8 Å². The highest BCUT2D eigenvalue weighted by Gasteiger charge is 2.15. The lowest BCUT2D eigenvalue weighted by atomic mass is 10.1. The number of hydrogen-bond acceptors (Lipinski definition) is 5. The molecule has 1 heterocycles. The Labute approximate surface area is 126 Å². The van der Waals surface area contributed by atoms with Crippen LogP contribution in [0.4, 0.5) is 5.69 Å². The number of nitrogens with zero attached hydrogens (tertiary/aromatic N) is 3. The van der Waals surface area contributed by atoms with E-state index in [0.717, 1.165) is 22.4 Å². The fourth-order valence-corrected chi connectivity index (χ4v) is 2.13. The average molecular weight is 299 g/mol. The van der Waals surface area contributed by atoms with Gasteiger partial charge in [-0.2, -0.15) is 5.26 Å². The molecule has 0 aliphatic rings. The summed E-state index contributed by atoms with van der Waals surface area (Å²) in [6.07, 6.45) is 1.13. The van der Waals surface area contributed by atoms with E-state index in [1.807, 2.05) is 19.1 Å². The fraction of sp³-hybridized carbons (Fsp3) is 0.200. The van der Waals surface area contributed by atoms with Crippen LogP contribution in [0.1, 0.15) is 16.7 Å². The zero-order chi connectivity index (χ0) is 16.3. The van der Waals surface area contributed by atoms with Crippen molar-refractivity contribution in [3.63, 3.8) is 0 Å². The first kappa shape index (κ1) is 15.3. The number of ether oxygens (including phenoxy) is 1. The predicted octanol–water partition coefficient (Wildman–Crippen LogP) is 1.99. The number of rotatable bonds is 4. The third-order valence-electron chi connectivity index (χ3n) is 3.18. The topological polar surface area (TPSA) is 98.2 Å². The lowest BCUT2D eigenvalue weighted by molar-refractivity contribution is -0.385. The summed E-state index contributed by atoms with van der Waals surface area (Å²) in [5, 5.41) is 19.9. The van der Waals surface area contributed by atoms with Crippen LogP contribution in [0.5, 0.6) is 5.75 Å². The van der Waals surface area contributed by atoms with Gasteiger partial charge in [0.25, 0.3) is 11.2 Å². The summed E-state index contributed by atoms with van der Waals surface area (Å²) >= 11 is 0. The van der Waals surface area contributed by atoms with E-state index < -0.39 is 10.5 Å². The van der Waals surface area contributed by atoms with Crippen molar-refractivity contribution < 1.29 is 9.66 Å². The molecule has 0 aliphatic carbocycles. The second kappa shape index (κ2) is 6.10. The standard InChI is InChI=1S/C15H13N3O4/c1-10-3-4-14(22-2)12(5-10)8-17-9-13(18(20)21)6-11(7-16)15(17)19/h3-6,9H,8H2,1-2H3. The van der Waals surface area contributed by atoms with Crippen molar-refractivity contribution in [2.24, 2.45) is 0 Å². The maximum absolute atomic E-state index is 12.1. The van der Waals surface area contributed by atoms with Crippen molar-refractivity contribution in [3.05, 3.63) is 67.6 Å². The molecule has 0 unspecified atom stereocenters. The first-order chi connectivity index (χ1) is 10.5. The Morgan fingerprint density at radius 2 is 2.14 bits per heavy atom. The lowest BCUT2D eigenvalue weighted by Crippen LogP contribution is -2.23. The minimum Gasteiger partial charge on any atom is -0.496 e. The van der Waals surface area contributed by atoms with Gasteiger partial charge in [0.2, 0.25) is 0 Å². The van der Waals surface area contributed by atoms with Gasteiger partial charge >= 0.3 is 0 Å². The molecule has 0 saturated heterocycles. The molecule has 1 aromatic heterocycles. The van der Waals surface area contributed by atoms with Gasteiger partial charge in [-0.15, -0.1) is 0 Å². The molecule has 2 aromatic rings. The van der Waals surface area contributed by atoms with Crippen LogP contribution in [-0.4, -0.2) is 16.6 Å². The molecule has 112 valence electrons. The van der Waals surface area contributed by atoms with E-state index in [0.29, 0.717) is 11.3 Å². The SMILES string of the molecule is COc1ccc(C)cc1Cn1cc([N+](=O)[O-])cc(C#N)c1=O. The molecule has 0 atom stereocenters. The molecular weight excluding hydrogens is 286 g/mol. The van der Waals surface area contributed by atoms with Gasteiger partial charge in [-0.1, -0.05) is 17.7 Å². The Kier molecular flexibility index (Phi) is 4.23. The Balaban J connectivity index is 2.57. The van der Waals surface area contributed by atoms with E-state index >= 15 is 0 Å². The van der Waals surface area contributed by atoms with Gasteiger partial charge in [-0.25, -0.2) is 0 Å². The van der Waals surface area contributed by atoms with Gasteiger partial charge in [-0.3, -0.25) is 14.9 Å². The molecule has 22 heavy (non-hydrogen) atoms. The number of nitro groups is 1. The third-order valence-corrected chi connectivity index (χ3v) is 3.18. The molecular formula is C15H13N3O4. The second-order valence-corrected chi connectivity index (χ2v) is 4.73. The number of pyridine rings is 1. The summed E-state index contributed by atoms with van der Waals surface area (Å²) in [6, 6.07) is 8.12. The Morgan fingerprint density at radius 1 is 1.41 bits per heavy atom. The van der Waals surface area contributed by atoms with Crippen LogP contribution in [0.2, 0.25) is 0 Å². The van der Waals surface area contributed by atoms with E-state index in [1.165, 1.54) is 7.11 Å². The quantitative estimate of drug-likeness (QED) is 0.635. The third kappa shape index (κ3) is 2.96. The largest absolute Gasteiger partial charge is 0.496 e. The molecule has 7 heteroatoms. The van der Waals surface area contributed by atoms with Gasteiger partial charge in [0.1, 0.15) is 17.4 Å². The van der Waals surface area contributed by atoms with E-state index in [-0.39, 0.29) is 17.8 Å². The highest BCUT2D eigenvalue weighted by atomic mass is 16.6. The summed E-state index contributed by atoms with van der Waals surface area (Å²) in [4.78, 5) is 22.4. The second-order valence-electron chi connectivity index (χ2n) is 4.73. The van der Waals surface area contributed by atoms with Crippen LogP contribution in [0, 0.1) is 28.4 Å². The van der Waals surface area contributed by atoms with Crippen molar-refractivity contribution in [1.82, 2.24) is 4.57 Å². The Morgan fingerprint density at radius 3 is 2.73 bits per heavy atom. The summed E-state index contributed by atoms with van der Waals surface area (Å²) in [7, 11) is 1.51. The van der Waals surface area contributed by atoms with Gasteiger partial charge in [0.15, 0.2) is 0 Å². The maximum Gasteiger partial charge on any atom is 0.287 e. The average Bonchev–Trinajstić information content (AvgIpc) is 2.49. The molecule has 0 bridgehead atoms. The van der Waals surface area contributed by atoms with E-state index in [1.54, 1.807) is 12.1 Å². The van der Waals surface area contributed by atoms with Crippen LogP contribution in [0.25, 0.3) is 0 Å². The number of benzene rings is 1. The van der Waals surface area contributed by atoms with Crippen LogP contribution in [0.3, 0.4) is 0 Å². The Bertz CT molecular complexity index is 834. The minimum absolute atomic E-state index is 0.0834. The van der Waals surface area contributed by atoms with Crippen molar-refractivity contribution in [1.29, 1.82) is 5.26 Å². The van der Waals surface area contributed by atoms with E-state index in [2.05, 4.69) is 0 Å². The van der Waals surface area contributed by atoms with E-state index in [9.17, 15) is 14.9 Å². The van der Waals surface area contributed by atoms with Crippen molar-refractivity contribution in [2.75, 3.05) is 7.11 Å². The summed E-state index contributed by atoms with van der Waals surface area (Å²) in [6.45, 7) is 1.97. The van der Waals surface area contributed by atoms with Crippen molar-refractivity contribution in [2.45, 2.75) is 13.5 Å². The van der Waals surface area contributed by atoms with Crippen LogP contribution >= 0.6 is 0 Å². The summed E-state index contributed by atoms with van der Waals surface area (Å²) in [5.41, 5.74) is 0.532. The van der Waals surface area contributed by atoms with Crippen LogP contribution in [0.15, 0.2) is 35.3 Å². The monoisotopic (exact) mass is 299 g/mol. The predicted molar refractivity (Wildman–Crippen MR) is 78.9 cm³/mol. The summed E-state index contributed by atoms with van der Waals surface area (Å²) < 4.78 is 6.38. The molecule has 0 saturated carbocycles. The number of nitriles is 1. The molecule has 7 nitrogen and oxygen atoms in total. The number of hydrogen-bond donors (Lipinski definition) is 0. The smallest absolute Gasteiger partial charge is 0.287 e. The minimum atomic E-state index is -0.635. The first-order valence-electron chi connectivity index (χ1n) is 6.38. The highest BCUT2D eigenvalue weighted by Crippen LogP contribution is 2.21. The highest BCUT2D eigenvalue weighted by molar-refractivity contribution is 5.40. The molecule has 2 rings (SSSR count). The van der Waals surface area contributed by atoms with Crippen molar-refractivity contribution in [3.8, 4) is 11.8 Å². The fourth-order valence-electron chi connectivity index (χ4n) is 2.13. The number of methoxy groups -OCH3 is 1.